The average Bonchev–Trinajstić information content (AvgIpc) is 2.90. The lowest BCUT2D eigenvalue weighted by Gasteiger charge is -2.48. The number of nitrogens with zero attached hydrogens (tertiary/aromatic N) is 1. The number of fused-ring (bicyclic) bond motifs is 4. The van der Waals surface area contributed by atoms with Crippen LogP contribution in [0.1, 0.15) is 33.6 Å². The number of likely N-dealkylation sites (tertiary alicyclic amines) is 1. The predicted molar refractivity (Wildman–Crippen MR) is 72.6 cm³/mol. The molecule has 2 bridgehead atoms. The predicted octanol–water partition coefficient (Wildman–Crippen LogP) is 1.69. The quantitative estimate of drug-likeness (QED) is 0.685. The Balaban J connectivity index is 1.88. The number of ether oxygens (including phenoxy) is 1. The van der Waals surface area contributed by atoms with Crippen LogP contribution in [0.4, 0.5) is 0 Å². The van der Waals surface area contributed by atoms with Crippen molar-refractivity contribution in [3.8, 4) is 0 Å². The maximum Gasteiger partial charge on any atom is 0.310 e. The van der Waals surface area contributed by atoms with Crippen LogP contribution in [0.15, 0.2) is 0 Å². The number of hydrogen-bond donors (Lipinski definition) is 0. The molecule has 2 aliphatic carbocycles. The SMILES string of the molecule is CC(C)C1C2OC(=O)C1C1CCC3C(=O)N(C)C2C31C. The number of esters is 1. The number of rotatable bonds is 1. The van der Waals surface area contributed by atoms with E-state index in [1.54, 1.807) is 0 Å². The Labute approximate surface area is 119 Å². The number of carbonyl (C=O) groups excluding carboxylic acids is 2. The van der Waals surface area contributed by atoms with Gasteiger partial charge in [0.2, 0.25) is 5.91 Å². The van der Waals surface area contributed by atoms with E-state index in [1.807, 2.05) is 11.9 Å². The van der Waals surface area contributed by atoms with E-state index in [1.165, 1.54) is 0 Å². The van der Waals surface area contributed by atoms with Gasteiger partial charge in [-0.1, -0.05) is 20.8 Å². The molecule has 4 rings (SSSR count). The summed E-state index contributed by atoms with van der Waals surface area (Å²) in [7, 11) is 1.90. The Morgan fingerprint density at radius 3 is 2.65 bits per heavy atom. The van der Waals surface area contributed by atoms with E-state index < -0.39 is 0 Å². The summed E-state index contributed by atoms with van der Waals surface area (Å²) < 4.78 is 5.78. The molecule has 0 aromatic rings. The van der Waals surface area contributed by atoms with Crippen LogP contribution in [0.5, 0.6) is 0 Å². The first-order valence-corrected chi connectivity index (χ1v) is 7.86. The molecule has 4 aliphatic rings. The van der Waals surface area contributed by atoms with Crippen LogP contribution >= 0.6 is 0 Å². The summed E-state index contributed by atoms with van der Waals surface area (Å²) in [6, 6.07) is 0.0857. The van der Waals surface area contributed by atoms with Gasteiger partial charge < -0.3 is 9.64 Å². The van der Waals surface area contributed by atoms with Crippen molar-refractivity contribution in [1.82, 2.24) is 4.90 Å². The van der Waals surface area contributed by atoms with Crippen LogP contribution in [0, 0.1) is 35.0 Å². The van der Waals surface area contributed by atoms with Crippen LogP contribution in [0.25, 0.3) is 0 Å². The normalized spacial score (nSPS) is 52.8. The lowest BCUT2D eigenvalue weighted by Crippen LogP contribution is -2.57. The molecular formula is C16H23NO3. The molecule has 1 amide bonds. The summed E-state index contributed by atoms with van der Waals surface area (Å²) in [5.74, 6) is 1.41. The second kappa shape index (κ2) is 3.58. The van der Waals surface area contributed by atoms with Gasteiger partial charge in [0.25, 0.3) is 0 Å². The molecule has 0 aromatic carbocycles. The van der Waals surface area contributed by atoms with Gasteiger partial charge in [-0.2, -0.15) is 0 Å². The third-order valence-electron chi connectivity index (χ3n) is 6.85. The molecule has 4 heteroatoms. The van der Waals surface area contributed by atoms with Crippen LogP contribution in [-0.4, -0.2) is 36.0 Å². The average molecular weight is 277 g/mol. The third-order valence-corrected chi connectivity index (χ3v) is 6.85. The van der Waals surface area contributed by atoms with E-state index in [2.05, 4.69) is 20.8 Å². The molecule has 110 valence electrons. The molecule has 20 heavy (non-hydrogen) atoms. The van der Waals surface area contributed by atoms with Gasteiger partial charge in [0, 0.05) is 24.3 Å². The van der Waals surface area contributed by atoms with Gasteiger partial charge in [0.15, 0.2) is 0 Å². The molecule has 2 saturated heterocycles. The Hall–Kier alpha value is -1.06. The van der Waals surface area contributed by atoms with E-state index in [0.29, 0.717) is 11.8 Å². The molecular weight excluding hydrogens is 254 g/mol. The zero-order chi connectivity index (χ0) is 14.4. The van der Waals surface area contributed by atoms with Gasteiger partial charge in [-0.15, -0.1) is 0 Å². The molecule has 0 N–H and O–H groups in total. The molecule has 4 nitrogen and oxygen atoms in total. The smallest absolute Gasteiger partial charge is 0.310 e. The molecule has 4 fully saturated rings. The fraction of sp³-hybridized carbons (Fsp3) is 0.875. The minimum Gasteiger partial charge on any atom is -0.460 e. The fourth-order valence-corrected chi connectivity index (χ4v) is 6.14. The summed E-state index contributed by atoms with van der Waals surface area (Å²) >= 11 is 0. The van der Waals surface area contributed by atoms with Crippen LogP contribution in [0.3, 0.4) is 0 Å². The summed E-state index contributed by atoms with van der Waals surface area (Å²) in [4.78, 5) is 26.8. The molecule has 2 saturated carbocycles. The van der Waals surface area contributed by atoms with Crippen molar-refractivity contribution >= 4 is 11.9 Å². The van der Waals surface area contributed by atoms with Crippen molar-refractivity contribution in [3.63, 3.8) is 0 Å². The van der Waals surface area contributed by atoms with Gasteiger partial charge in [-0.3, -0.25) is 9.59 Å². The molecule has 2 heterocycles. The zero-order valence-electron chi connectivity index (χ0n) is 12.6. The first kappa shape index (κ1) is 12.7. The van der Waals surface area contributed by atoms with E-state index in [4.69, 9.17) is 4.74 Å². The summed E-state index contributed by atoms with van der Waals surface area (Å²) in [5, 5.41) is 0. The maximum atomic E-state index is 12.6. The Bertz CT molecular complexity index is 502. The maximum absolute atomic E-state index is 12.6. The Morgan fingerprint density at radius 1 is 1.30 bits per heavy atom. The highest BCUT2D eigenvalue weighted by molar-refractivity contribution is 5.86. The van der Waals surface area contributed by atoms with Crippen LogP contribution < -0.4 is 0 Å². The summed E-state index contributed by atoms with van der Waals surface area (Å²) in [6.45, 7) is 6.59. The summed E-state index contributed by atoms with van der Waals surface area (Å²) in [5.41, 5.74) is -0.0568. The lowest BCUT2D eigenvalue weighted by molar-refractivity contribution is -0.146. The highest BCUT2D eigenvalue weighted by atomic mass is 16.6. The molecule has 0 radical (unpaired) electrons. The number of amides is 1. The van der Waals surface area contributed by atoms with Crippen LogP contribution in [-0.2, 0) is 14.3 Å². The minimum atomic E-state index is -0.0919. The number of likely N-dealkylation sites (N-methyl/N-ethyl adjacent to an activating group) is 1. The van der Waals surface area contributed by atoms with E-state index in [0.717, 1.165) is 12.8 Å². The van der Waals surface area contributed by atoms with Crippen molar-refractivity contribution in [3.05, 3.63) is 0 Å². The largest absolute Gasteiger partial charge is 0.460 e. The lowest BCUT2D eigenvalue weighted by atomic mass is 9.55. The number of hydrogen-bond acceptors (Lipinski definition) is 3. The third kappa shape index (κ3) is 1.12. The van der Waals surface area contributed by atoms with Gasteiger partial charge in [-0.25, -0.2) is 0 Å². The van der Waals surface area contributed by atoms with Crippen molar-refractivity contribution in [2.45, 2.75) is 45.8 Å². The van der Waals surface area contributed by atoms with Crippen molar-refractivity contribution < 1.29 is 14.3 Å². The standard InChI is InChI=1S/C16H23NO3/c1-7(2)10-11-8-5-6-9-14(18)17(4)13(16(8,9)3)12(10)20-15(11)19/h7-13H,5-6H2,1-4H3. The van der Waals surface area contributed by atoms with E-state index in [9.17, 15) is 9.59 Å². The molecule has 7 unspecified atom stereocenters. The number of carbonyl (C=O) groups is 2. The van der Waals surface area contributed by atoms with E-state index in [-0.39, 0.29) is 47.2 Å². The van der Waals surface area contributed by atoms with Gasteiger partial charge in [0.1, 0.15) is 6.10 Å². The van der Waals surface area contributed by atoms with Crippen molar-refractivity contribution in [2.24, 2.45) is 35.0 Å². The fourth-order valence-electron chi connectivity index (χ4n) is 6.14. The van der Waals surface area contributed by atoms with Crippen molar-refractivity contribution in [1.29, 1.82) is 0 Å². The van der Waals surface area contributed by atoms with Gasteiger partial charge in [0.05, 0.1) is 12.0 Å². The topological polar surface area (TPSA) is 46.6 Å². The molecule has 0 aromatic heterocycles. The van der Waals surface area contributed by atoms with Gasteiger partial charge in [-0.05, 0) is 24.7 Å². The first-order valence-electron chi connectivity index (χ1n) is 7.86. The molecule has 2 aliphatic heterocycles. The molecule has 0 spiro atoms. The monoisotopic (exact) mass is 277 g/mol. The van der Waals surface area contributed by atoms with Gasteiger partial charge >= 0.3 is 5.97 Å². The van der Waals surface area contributed by atoms with Crippen molar-refractivity contribution in [2.75, 3.05) is 7.05 Å². The zero-order valence-corrected chi connectivity index (χ0v) is 12.6. The van der Waals surface area contributed by atoms with Crippen LogP contribution in [0.2, 0.25) is 0 Å². The first-order chi connectivity index (χ1) is 9.39. The second-order valence-electron chi connectivity index (χ2n) is 7.75. The Kier molecular flexibility index (Phi) is 2.26. The summed E-state index contributed by atoms with van der Waals surface area (Å²) in [6.07, 6.45) is 1.86. The Morgan fingerprint density at radius 2 is 2.00 bits per heavy atom. The molecule has 7 atom stereocenters. The van der Waals surface area contributed by atoms with E-state index >= 15 is 0 Å². The minimum absolute atomic E-state index is 0.00387. The highest BCUT2D eigenvalue weighted by Gasteiger charge is 2.74. The second-order valence-corrected chi connectivity index (χ2v) is 7.75. The highest BCUT2D eigenvalue weighted by Crippen LogP contribution is 2.66.